The van der Waals surface area contributed by atoms with Crippen LogP contribution in [-0.4, -0.2) is 22.2 Å². The van der Waals surface area contributed by atoms with Gasteiger partial charge in [0.1, 0.15) is 0 Å². The number of carbonyl (C=O) groups is 2. The van der Waals surface area contributed by atoms with Crippen LogP contribution in [-0.2, 0) is 9.59 Å². The maximum Gasteiger partial charge on any atom is 0.311 e. The Labute approximate surface area is 147 Å². The molecule has 4 atom stereocenters. The molecule has 0 radical (unpaired) electrons. The summed E-state index contributed by atoms with van der Waals surface area (Å²) in [6.45, 7) is 8.15. The highest BCUT2D eigenvalue weighted by Gasteiger charge is 2.64. The monoisotopic (exact) mass is 340 g/mol. The normalized spacial score (nSPS) is 29.8. The van der Waals surface area contributed by atoms with E-state index in [1.54, 1.807) is 0 Å². The van der Waals surface area contributed by atoms with Crippen molar-refractivity contribution in [3.05, 3.63) is 0 Å². The third kappa shape index (κ3) is 3.62. The standard InChI is InChI=1S/C20H36O4/c1-5-8-11-16(7-3)14-19(17(21)22)12-9-10-13-20(19,18(23)24)15(4)6-2/h15-16H,5-14H2,1-4H3,(H,21,22)(H,23,24). The zero-order valence-electron chi connectivity index (χ0n) is 15.9. The molecule has 0 aliphatic heterocycles. The number of carboxylic acids is 2. The molecule has 1 aliphatic rings. The van der Waals surface area contributed by atoms with E-state index in [1.165, 1.54) is 0 Å². The van der Waals surface area contributed by atoms with Gasteiger partial charge >= 0.3 is 11.9 Å². The molecule has 0 heterocycles. The average molecular weight is 341 g/mol. The van der Waals surface area contributed by atoms with E-state index in [1.807, 2.05) is 13.8 Å². The van der Waals surface area contributed by atoms with Gasteiger partial charge in [0.25, 0.3) is 0 Å². The van der Waals surface area contributed by atoms with Crippen molar-refractivity contribution in [1.29, 1.82) is 0 Å². The number of carboxylic acid groups (broad SMARTS) is 2. The fourth-order valence-electron chi connectivity index (χ4n) is 4.99. The molecule has 0 saturated heterocycles. The van der Waals surface area contributed by atoms with Gasteiger partial charge in [-0.15, -0.1) is 0 Å². The van der Waals surface area contributed by atoms with Crippen LogP contribution in [0.3, 0.4) is 0 Å². The molecule has 4 heteroatoms. The van der Waals surface area contributed by atoms with Crippen molar-refractivity contribution in [1.82, 2.24) is 0 Å². The topological polar surface area (TPSA) is 74.6 Å². The highest BCUT2D eigenvalue weighted by atomic mass is 16.4. The molecule has 0 bridgehead atoms. The molecule has 24 heavy (non-hydrogen) atoms. The van der Waals surface area contributed by atoms with E-state index >= 15 is 0 Å². The van der Waals surface area contributed by atoms with Gasteiger partial charge in [-0.1, -0.05) is 72.6 Å². The molecule has 0 spiro atoms. The second-order valence-electron chi connectivity index (χ2n) is 7.80. The molecule has 4 unspecified atom stereocenters. The molecule has 0 amide bonds. The second kappa shape index (κ2) is 8.87. The van der Waals surface area contributed by atoms with E-state index in [4.69, 9.17) is 0 Å². The Bertz CT molecular complexity index is 433. The van der Waals surface area contributed by atoms with Crippen molar-refractivity contribution in [2.24, 2.45) is 22.7 Å². The predicted molar refractivity (Wildman–Crippen MR) is 96.0 cm³/mol. The van der Waals surface area contributed by atoms with Gasteiger partial charge < -0.3 is 10.2 Å². The lowest BCUT2D eigenvalue weighted by molar-refractivity contribution is -0.190. The molecule has 1 aliphatic carbocycles. The lowest BCUT2D eigenvalue weighted by atomic mass is 9.48. The van der Waals surface area contributed by atoms with Crippen molar-refractivity contribution in [3.63, 3.8) is 0 Å². The average Bonchev–Trinajstić information content (AvgIpc) is 2.57. The smallest absolute Gasteiger partial charge is 0.311 e. The highest BCUT2D eigenvalue weighted by Crippen LogP contribution is 2.59. The molecular formula is C20H36O4. The van der Waals surface area contributed by atoms with Crippen LogP contribution in [0.2, 0.25) is 0 Å². The van der Waals surface area contributed by atoms with E-state index < -0.39 is 22.8 Å². The van der Waals surface area contributed by atoms with Crippen LogP contribution < -0.4 is 0 Å². The van der Waals surface area contributed by atoms with Crippen LogP contribution in [0.25, 0.3) is 0 Å². The molecule has 1 rings (SSSR count). The Balaban J connectivity index is 3.36. The van der Waals surface area contributed by atoms with E-state index in [-0.39, 0.29) is 5.92 Å². The summed E-state index contributed by atoms with van der Waals surface area (Å²) >= 11 is 0. The van der Waals surface area contributed by atoms with Crippen molar-refractivity contribution in [3.8, 4) is 0 Å². The fraction of sp³-hybridized carbons (Fsp3) is 0.900. The first-order chi connectivity index (χ1) is 11.3. The maximum atomic E-state index is 12.5. The third-order valence-corrected chi connectivity index (χ3v) is 6.70. The summed E-state index contributed by atoms with van der Waals surface area (Å²) in [5.74, 6) is -1.62. The molecule has 0 aromatic rings. The van der Waals surface area contributed by atoms with Crippen LogP contribution in [0.1, 0.15) is 91.9 Å². The van der Waals surface area contributed by atoms with Gasteiger partial charge in [0.2, 0.25) is 0 Å². The molecule has 1 saturated carbocycles. The molecule has 2 N–H and O–H groups in total. The summed E-state index contributed by atoms with van der Waals surface area (Å²) < 4.78 is 0. The van der Waals surface area contributed by atoms with Gasteiger partial charge in [0.15, 0.2) is 0 Å². The number of aliphatic carboxylic acids is 2. The molecule has 140 valence electrons. The van der Waals surface area contributed by atoms with Crippen molar-refractivity contribution >= 4 is 11.9 Å². The minimum Gasteiger partial charge on any atom is -0.481 e. The van der Waals surface area contributed by atoms with Crippen molar-refractivity contribution < 1.29 is 19.8 Å². The summed E-state index contributed by atoms with van der Waals surface area (Å²) in [5, 5.41) is 20.4. The Morgan fingerprint density at radius 3 is 2.08 bits per heavy atom. The van der Waals surface area contributed by atoms with Crippen LogP contribution in [0, 0.1) is 22.7 Å². The first-order valence-electron chi connectivity index (χ1n) is 9.79. The second-order valence-corrected chi connectivity index (χ2v) is 7.80. The summed E-state index contributed by atoms with van der Waals surface area (Å²) in [6, 6.07) is 0. The predicted octanol–water partition coefficient (Wildman–Crippen LogP) is 5.36. The number of hydrogen-bond acceptors (Lipinski definition) is 2. The van der Waals surface area contributed by atoms with Gasteiger partial charge in [-0.3, -0.25) is 9.59 Å². The minimum absolute atomic E-state index is 0.130. The third-order valence-electron chi connectivity index (χ3n) is 6.70. The summed E-state index contributed by atoms with van der Waals surface area (Å²) in [6.07, 6.45) is 7.94. The first kappa shape index (κ1) is 21.0. The van der Waals surface area contributed by atoms with Gasteiger partial charge in [-0.05, 0) is 31.1 Å². The van der Waals surface area contributed by atoms with Crippen molar-refractivity contribution in [2.75, 3.05) is 0 Å². The largest absolute Gasteiger partial charge is 0.481 e. The highest BCUT2D eigenvalue weighted by molar-refractivity contribution is 5.87. The molecular weight excluding hydrogens is 304 g/mol. The first-order valence-corrected chi connectivity index (χ1v) is 9.79. The lowest BCUT2D eigenvalue weighted by Gasteiger charge is -2.52. The molecule has 0 aromatic heterocycles. The zero-order chi connectivity index (χ0) is 18.4. The molecule has 4 nitrogen and oxygen atoms in total. The van der Waals surface area contributed by atoms with Crippen molar-refractivity contribution in [2.45, 2.75) is 91.9 Å². The quantitative estimate of drug-likeness (QED) is 0.562. The van der Waals surface area contributed by atoms with E-state index in [2.05, 4.69) is 13.8 Å². The summed E-state index contributed by atoms with van der Waals surface area (Å²) in [4.78, 5) is 24.9. The van der Waals surface area contributed by atoms with Crippen LogP contribution >= 0.6 is 0 Å². The zero-order valence-corrected chi connectivity index (χ0v) is 15.9. The van der Waals surface area contributed by atoms with Crippen LogP contribution in [0.4, 0.5) is 0 Å². The summed E-state index contributed by atoms with van der Waals surface area (Å²) in [5.41, 5.74) is -2.26. The SMILES string of the molecule is CCCCC(CC)CC1(C(=O)O)CCCCC1(C(=O)O)C(C)CC. The summed E-state index contributed by atoms with van der Waals surface area (Å²) in [7, 11) is 0. The minimum atomic E-state index is -1.13. The molecule has 0 aromatic carbocycles. The van der Waals surface area contributed by atoms with Gasteiger partial charge in [0.05, 0.1) is 10.8 Å². The molecule has 1 fully saturated rings. The maximum absolute atomic E-state index is 12.5. The van der Waals surface area contributed by atoms with Gasteiger partial charge in [-0.2, -0.15) is 0 Å². The van der Waals surface area contributed by atoms with Gasteiger partial charge in [-0.25, -0.2) is 0 Å². The number of unbranched alkanes of at least 4 members (excludes halogenated alkanes) is 1. The lowest BCUT2D eigenvalue weighted by Crippen LogP contribution is -2.58. The number of rotatable bonds is 10. The van der Waals surface area contributed by atoms with E-state index in [9.17, 15) is 19.8 Å². The van der Waals surface area contributed by atoms with Gasteiger partial charge in [0, 0.05) is 0 Å². The van der Waals surface area contributed by atoms with E-state index in [0.717, 1.165) is 38.5 Å². The number of hydrogen-bond donors (Lipinski definition) is 2. The fourth-order valence-corrected chi connectivity index (χ4v) is 4.99. The van der Waals surface area contributed by atoms with E-state index in [0.29, 0.717) is 31.6 Å². The van der Waals surface area contributed by atoms with Crippen LogP contribution in [0.5, 0.6) is 0 Å². The Morgan fingerprint density at radius 2 is 1.62 bits per heavy atom. The van der Waals surface area contributed by atoms with Crippen LogP contribution in [0.15, 0.2) is 0 Å². The Morgan fingerprint density at radius 1 is 1.00 bits per heavy atom. The Kier molecular flexibility index (Phi) is 7.75. The Hall–Kier alpha value is -1.06.